The molecule has 2 rings (SSSR count). The summed E-state index contributed by atoms with van der Waals surface area (Å²) in [5.74, 6) is -2.45. The van der Waals surface area contributed by atoms with E-state index < -0.39 is 46.8 Å². The Morgan fingerprint density at radius 2 is 1.73 bits per heavy atom. The van der Waals surface area contributed by atoms with Crippen LogP contribution < -0.4 is 0 Å². The van der Waals surface area contributed by atoms with E-state index in [4.69, 9.17) is 14.2 Å². The van der Waals surface area contributed by atoms with Crippen molar-refractivity contribution in [2.75, 3.05) is 6.61 Å². The Bertz CT molecular complexity index is 623. The van der Waals surface area contributed by atoms with Gasteiger partial charge < -0.3 is 14.2 Å². The number of rotatable bonds is 9. The van der Waals surface area contributed by atoms with Gasteiger partial charge in [0, 0.05) is 24.2 Å². The van der Waals surface area contributed by atoms with Gasteiger partial charge in [0.15, 0.2) is 0 Å². The second-order valence-electron chi connectivity index (χ2n) is 10.7. The highest BCUT2D eigenvalue weighted by Gasteiger charge is 2.53. The molecule has 0 aromatic carbocycles. The van der Waals surface area contributed by atoms with E-state index in [0.717, 1.165) is 24.9 Å². The molecule has 8 heteroatoms. The number of hydrogen-bond donors (Lipinski definition) is 0. The van der Waals surface area contributed by atoms with Crippen LogP contribution in [0.2, 0.25) is 38.3 Å². The maximum absolute atomic E-state index is 13.1. The molecule has 2 aliphatic heterocycles. The average Bonchev–Trinajstić information content (AvgIpc) is 2.87. The molecule has 0 aliphatic carbocycles. The Kier molecular flexibility index (Phi) is 8.88. The van der Waals surface area contributed by atoms with Crippen LogP contribution in [0.1, 0.15) is 40.0 Å². The third-order valence-electron chi connectivity index (χ3n) is 6.26. The number of ether oxygens (including phenoxy) is 3. The molecule has 0 spiro atoms. The molecular formula is C22H40O6Si2. The van der Waals surface area contributed by atoms with Gasteiger partial charge >= 0.3 is 17.9 Å². The highest BCUT2D eigenvalue weighted by atomic mass is 28.3. The van der Waals surface area contributed by atoms with Crippen LogP contribution in [0.3, 0.4) is 0 Å². The van der Waals surface area contributed by atoms with Crippen LogP contribution in [0.4, 0.5) is 0 Å². The van der Waals surface area contributed by atoms with Gasteiger partial charge in [0.05, 0.1) is 29.5 Å². The Morgan fingerprint density at radius 3 is 2.27 bits per heavy atom. The third kappa shape index (κ3) is 6.50. The first-order valence-corrected chi connectivity index (χ1v) is 17.8. The van der Waals surface area contributed by atoms with Crippen LogP contribution in [0, 0.1) is 23.2 Å². The van der Waals surface area contributed by atoms with Gasteiger partial charge in [-0.25, -0.2) is 0 Å². The van der Waals surface area contributed by atoms with Crippen molar-refractivity contribution in [1.82, 2.24) is 0 Å². The van der Waals surface area contributed by atoms with Gasteiger partial charge in [-0.2, -0.15) is 0 Å². The summed E-state index contributed by atoms with van der Waals surface area (Å²) in [5.41, 5.74) is -0.875. The second-order valence-corrected chi connectivity index (χ2v) is 17.2. The standard InChI is InChI=1S/C22H40O6Si2/c1-14-9-8-10-26-18(14)17-16(19(23)28-20(17)24)11-22(2,3)21(25)27-15(12-29(4)5)13-30(6)7/h14-18,29-30H,8-13H2,1-7H3. The number of carbonyl (C=O) groups is 3. The molecule has 4 unspecified atom stereocenters. The predicted octanol–water partition coefficient (Wildman–Crippen LogP) is 3.42. The van der Waals surface area contributed by atoms with Crippen LogP contribution in [-0.2, 0) is 28.6 Å². The molecule has 2 aliphatic rings. The minimum absolute atomic E-state index is 0.0234. The molecule has 0 bridgehead atoms. The second kappa shape index (κ2) is 10.5. The molecule has 30 heavy (non-hydrogen) atoms. The number of cyclic esters (lactones) is 2. The zero-order valence-electron chi connectivity index (χ0n) is 19.7. The maximum Gasteiger partial charge on any atom is 0.320 e. The lowest BCUT2D eigenvalue weighted by Crippen LogP contribution is -2.42. The summed E-state index contributed by atoms with van der Waals surface area (Å²) in [6, 6.07) is 1.96. The van der Waals surface area contributed by atoms with Gasteiger partial charge in [0.2, 0.25) is 0 Å². The van der Waals surface area contributed by atoms with Crippen molar-refractivity contribution in [1.29, 1.82) is 0 Å². The van der Waals surface area contributed by atoms with Crippen molar-refractivity contribution in [3.63, 3.8) is 0 Å². The van der Waals surface area contributed by atoms with E-state index in [1.54, 1.807) is 0 Å². The SMILES string of the molecule is CC1CCCOC1C1C(=O)OC(=O)C1CC(C)(C)C(=O)OC(C[SiH](C)C)C[SiH](C)C. The summed E-state index contributed by atoms with van der Waals surface area (Å²) in [4.78, 5) is 38.1. The van der Waals surface area contributed by atoms with E-state index in [2.05, 4.69) is 26.2 Å². The van der Waals surface area contributed by atoms with Crippen molar-refractivity contribution < 1.29 is 28.6 Å². The predicted molar refractivity (Wildman–Crippen MR) is 122 cm³/mol. The van der Waals surface area contributed by atoms with Crippen LogP contribution in [0.25, 0.3) is 0 Å². The fourth-order valence-electron chi connectivity index (χ4n) is 4.73. The summed E-state index contributed by atoms with van der Waals surface area (Å²) >= 11 is 0. The molecule has 0 saturated carbocycles. The van der Waals surface area contributed by atoms with Crippen molar-refractivity contribution in [3.05, 3.63) is 0 Å². The monoisotopic (exact) mass is 456 g/mol. The molecule has 2 fully saturated rings. The van der Waals surface area contributed by atoms with Crippen LogP contribution in [0.5, 0.6) is 0 Å². The maximum atomic E-state index is 13.1. The zero-order chi connectivity index (χ0) is 22.6. The Balaban J connectivity index is 2.12. The average molecular weight is 457 g/mol. The Hall–Kier alpha value is -0.996. The van der Waals surface area contributed by atoms with E-state index in [-0.39, 0.29) is 30.5 Å². The van der Waals surface area contributed by atoms with E-state index in [9.17, 15) is 14.4 Å². The lowest BCUT2D eigenvalue weighted by atomic mass is 9.74. The number of carbonyl (C=O) groups excluding carboxylic acids is 3. The molecule has 172 valence electrons. The molecule has 6 nitrogen and oxygen atoms in total. The first-order valence-electron chi connectivity index (χ1n) is 11.5. The highest BCUT2D eigenvalue weighted by Crippen LogP contribution is 2.41. The molecule has 2 saturated heterocycles. The lowest BCUT2D eigenvalue weighted by Gasteiger charge is -2.35. The molecule has 0 aromatic heterocycles. The summed E-state index contributed by atoms with van der Waals surface area (Å²) in [5, 5.41) is 0. The van der Waals surface area contributed by atoms with Gasteiger partial charge in [0.1, 0.15) is 0 Å². The molecule has 0 radical (unpaired) electrons. The van der Waals surface area contributed by atoms with Crippen molar-refractivity contribution in [2.45, 2.75) is 90.5 Å². The fraction of sp³-hybridized carbons (Fsp3) is 0.864. The summed E-state index contributed by atoms with van der Waals surface area (Å²) < 4.78 is 16.9. The minimum Gasteiger partial charge on any atom is -0.463 e. The van der Waals surface area contributed by atoms with Crippen LogP contribution in [-0.4, -0.2) is 54.3 Å². The number of esters is 3. The smallest absolute Gasteiger partial charge is 0.320 e. The fourth-order valence-corrected chi connectivity index (χ4v) is 7.79. The van der Waals surface area contributed by atoms with Gasteiger partial charge in [-0.15, -0.1) is 0 Å². The Morgan fingerprint density at radius 1 is 1.13 bits per heavy atom. The van der Waals surface area contributed by atoms with Crippen molar-refractivity contribution >= 4 is 35.5 Å². The van der Waals surface area contributed by atoms with Crippen molar-refractivity contribution in [2.24, 2.45) is 23.2 Å². The van der Waals surface area contributed by atoms with Gasteiger partial charge in [-0.3, -0.25) is 14.4 Å². The van der Waals surface area contributed by atoms with E-state index in [0.29, 0.717) is 6.61 Å². The van der Waals surface area contributed by atoms with E-state index in [1.165, 1.54) is 0 Å². The summed E-state index contributed by atoms with van der Waals surface area (Å²) in [7, 11) is -1.75. The van der Waals surface area contributed by atoms with Crippen LogP contribution in [0.15, 0.2) is 0 Å². The van der Waals surface area contributed by atoms with Gasteiger partial charge in [0.25, 0.3) is 0 Å². The van der Waals surface area contributed by atoms with Crippen LogP contribution >= 0.6 is 0 Å². The van der Waals surface area contributed by atoms with Crippen molar-refractivity contribution in [3.8, 4) is 0 Å². The lowest BCUT2D eigenvalue weighted by molar-refractivity contribution is -0.160. The van der Waals surface area contributed by atoms with Gasteiger partial charge in [-0.1, -0.05) is 33.1 Å². The molecule has 0 amide bonds. The van der Waals surface area contributed by atoms with Gasteiger partial charge in [-0.05, 0) is 51.1 Å². The summed E-state index contributed by atoms with van der Waals surface area (Å²) in [6.07, 6.45) is 1.79. The topological polar surface area (TPSA) is 78.9 Å². The molecule has 0 N–H and O–H groups in total. The minimum atomic E-state index is -0.877. The largest absolute Gasteiger partial charge is 0.463 e. The first-order chi connectivity index (χ1) is 13.9. The van der Waals surface area contributed by atoms with E-state index >= 15 is 0 Å². The molecule has 2 heterocycles. The molecule has 0 aromatic rings. The quantitative estimate of drug-likeness (QED) is 0.300. The highest BCUT2D eigenvalue weighted by molar-refractivity contribution is 6.57. The third-order valence-corrected chi connectivity index (χ3v) is 9.20. The zero-order valence-corrected chi connectivity index (χ0v) is 22.0. The van der Waals surface area contributed by atoms with E-state index in [1.807, 2.05) is 20.8 Å². The normalized spacial score (nSPS) is 27.8. The molecule has 4 atom stereocenters. The molecular weight excluding hydrogens is 416 g/mol. The first kappa shape index (κ1) is 25.3. The number of hydrogen-bond acceptors (Lipinski definition) is 6. The Labute approximate surface area is 184 Å². The summed E-state index contributed by atoms with van der Waals surface area (Å²) in [6.45, 7) is 15.3.